The van der Waals surface area contributed by atoms with Crippen LogP contribution in [0.15, 0.2) is 40.8 Å². The lowest BCUT2D eigenvalue weighted by Crippen LogP contribution is -2.44. The van der Waals surface area contributed by atoms with E-state index in [1.807, 2.05) is 31.2 Å². The number of benzene rings is 1. The number of piperidine rings is 1. The number of carboxylic acid groups (broad SMARTS) is 1. The molecule has 2 unspecified atom stereocenters. The first-order valence-corrected chi connectivity index (χ1v) is 9.32. The second-order valence-corrected chi connectivity index (χ2v) is 7.64. The second kappa shape index (κ2) is 6.57. The Labute approximate surface area is 154 Å². The van der Waals surface area contributed by atoms with Gasteiger partial charge in [0.05, 0.1) is 16.1 Å². The molecule has 134 valence electrons. The number of aromatic nitrogens is 1. The van der Waals surface area contributed by atoms with Gasteiger partial charge in [0, 0.05) is 13.1 Å². The highest BCUT2D eigenvalue weighted by molar-refractivity contribution is 7.21. The Balaban J connectivity index is 1.52. The van der Waals surface area contributed by atoms with Gasteiger partial charge in [0.15, 0.2) is 16.5 Å². The summed E-state index contributed by atoms with van der Waals surface area (Å²) < 4.78 is 6.83. The molecular formula is C19H18N2O4S. The lowest BCUT2D eigenvalue weighted by molar-refractivity contribution is -0.145. The van der Waals surface area contributed by atoms with Crippen molar-refractivity contribution in [1.82, 2.24) is 9.88 Å². The van der Waals surface area contributed by atoms with Gasteiger partial charge in [-0.2, -0.15) is 0 Å². The van der Waals surface area contributed by atoms with Crippen LogP contribution in [0.1, 0.15) is 23.9 Å². The smallest absolute Gasteiger partial charge is 0.306 e. The number of carbonyl (C=O) groups is 2. The zero-order chi connectivity index (χ0) is 18.3. The third kappa shape index (κ3) is 2.99. The number of carbonyl (C=O) groups excluding carboxylic acids is 1. The van der Waals surface area contributed by atoms with Crippen LogP contribution in [0.25, 0.3) is 21.0 Å². The van der Waals surface area contributed by atoms with Crippen LogP contribution in [0.4, 0.5) is 0 Å². The summed E-state index contributed by atoms with van der Waals surface area (Å²) in [4.78, 5) is 30.1. The number of likely N-dealkylation sites (tertiary alicyclic amines) is 1. The van der Waals surface area contributed by atoms with Crippen LogP contribution in [0.2, 0.25) is 0 Å². The quantitative estimate of drug-likeness (QED) is 0.759. The SMILES string of the molecule is CC1CN(C(=O)c2ccc(-c3nc4ccccc4s3)o2)CCC1C(=O)O. The first-order valence-electron chi connectivity index (χ1n) is 8.51. The van der Waals surface area contributed by atoms with Crippen molar-refractivity contribution in [3.8, 4) is 10.8 Å². The summed E-state index contributed by atoms with van der Waals surface area (Å²) in [6, 6.07) is 11.3. The number of carboxylic acids is 1. The number of furan rings is 1. The fourth-order valence-corrected chi connectivity index (χ4v) is 4.33. The molecule has 0 saturated carbocycles. The number of thiazole rings is 1. The van der Waals surface area contributed by atoms with Crippen molar-refractivity contribution in [2.75, 3.05) is 13.1 Å². The zero-order valence-corrected chi connectivity index (χ0v) is 15.0. The minimum absolute atomic E-state index is 0.0797. The van der Waals surface area contributed by atoms with Gasteiger partial charge < -0.3 is 14.4 Å². The maximum absolute atomic E-state index is 12.7. The van der Waals surface area contributed by atoms with E-state index in [0.717, 1.165) is 15.2 Å². The van der Waals surface area contributed by atoms with E-state index in [4.69, 9.17) is 4.42 Å². The largest absolute Gasteiger partial charge is 0.481 e. The van der Waals surface area contributed by atoms with Gasteiger partial charge in [0.1, 0.15) is 0 Å². The Morgan fingerprint density at radius 3 is 2.81 bits per heavy atom. The van der Waals surface area contributed by atoms with Crippen LogP contribution in [-0.4, -0.2) is 40.0 Å². The van der Waals surface area contributed by atoms with Crippen LogP contribution in [0, 0.1) is 11.8 Å². The molecule has 3 heterocycles. The Morgan fingerprint density at radius 1 is 1.27 bits per heavy atom. The summed E-state index contributed by atoms with van der Waals surface area (Å²) in [5, 5.41) is 9.95. The van der Waals surface area contributed by atoms with Crippen molar-refractivity contribution in [3.05, 3.63) is 42.2 Å². The Bertz CT molecular complexity index is 944. The van der Waals surface area contributed by atoms with Crippen LogP contribution < -0.4 is 0 Å². The molecule has 4 rings (SSSR count). The average molecular weight is 370 g/mol. The minimum atomic E-state index is -0.791. The summed E-state index contributed by atoms with van der Waals surface area (Å²) in [7, 11) is 0. The van der Waals surface area contributed by atoms with Crippen molar-refractivity contribution < 1.29 is 19.1 Å². The first kappa shape index (κ1) is 16.8. The number of amides is 1. The molecule has 1 saturated heterocycles. The fraction of sp³-hybridized carbons (Fsp3) is 0.316. The fourth-order valence-electron chi connectivity index (χ4n) is 3.40. The molecule has 1 aliphatic rings. The van der Waals surface area contributed by atoms with E-state index in [-0.39, 0.29) is 17.6 Å². The first-order chi connectivity index (χ1) is 12.5. The van der Waals surface area contributed by atoms with Crippen LogP contribution >= 0.6 is 11.3 Å². The summed E-state index contributed by atoms with van der Waals surface area (Å²) in [5.41, 5.74) is 0.904. The lowest BCUT2D eigenvalue weighted by Gasteiger charge is -2.34. The number of hydrogen-bond acceptors (Lipinski definition) is 5. The molecule has 1 fully saturated rings. The molecule has 0 aliphatic carbocycles. The Kier molecular flexibility index (Phi) is 4.24. The Morgan fingerprint density at radius 2 is 2.08 bits per heavy atom. The maximum atomic E-state index is 12.7. The molecule has 2 atom stereocenters. The predicted octanol–water partition coefficient (Wildman–Crippen LogP) is 3.74. The molecule has 26 heavy (non-hydrogen) atoms. The van der Waals surface area contributed by atoms with Crippen molar-refractivity contribution in [1.29, 1.82) is 0 Å². The second-order valence-electron chi connectivity index (χ2n) is 6.61. The highest BCUT2D eigenvalue weighted by atomic mass is 32.1. The summed E-state index contributed by atoms with van der Waals surface area (Å²) in [6.45, 7) is 2.72. The van der Waals surface area contributed by atoms with Gasteiger partial charge in [-0.1, -0.05) is 19.1 Å². The average Bonchev–Trinajstić information content (AvgIpc) is 3.27. The lowest BCUT2D eigenvalue weighted by atomic mass is 9.87. The van der Waals surface area contributed by atoms with E-state index in [9.17, 15) is 14.7 Å². The predicted molar refractivity (Wildman–Crippen MR) is 98.1 cm³/mol. The van der Waals surface area contributed by atoms with Gasteiger partial charge >= 0.3 is 5.97 Å². The summed E-state index contributed by atoms with van der Waals surface area (Å²) in [6.07, 6.45) is 0.466. The number of hydrogen-bond donors (Lipinski definition) is 1. The van der Waals surface area contributed by atoms with Crippen LogP contribution in [0.5, 0.6) is 0 Å². The number of rotatable bonds is 3. The molecule has 2 aromatic heterocycles. The summed E-state index contributed by atoms with van der Waals surface area (Å²) in [5.74, 6) is -0.630. The van der Waals surface area contributed by atoms with Crippen molar-refractivity contribution >= 4 is 33.4 Å². The van der Waals surface area contributed by atoms with Gasteiger partial charge in [-0.15, -0.1) is 11.3 Å². The maximum Gasteiger partial charge on any atom is 0.306 e. The third-order valence-corrected chi connectivity index (χ3v) is 5.88. The highest BCUT2D eigenvalue weighted by Gasteiger charge is 2.34. The molecule has 1 aromatic carbocycles. The normalized spacial score (nSPS) is 20.4. The highest BCUT2D eigenvalue weighted by Crippen LogP contribution is 2.32. The van der Waals surface area contributed by atoms with Crippen molar-refractivity contribution in [2.24, 2.45) is 11.8 Å². The van der Waals surface area contributed by atoms with Gasteiger partial charge in [-0.25, -0.2) is 4.98 Å². The molecule has 1 aliphatic heterocycles. The van der Waals surface area contributed by atoms with Gasteiger partial charge in [0.25, 0.3) is 5.91 Å². The van der Waals surface area contributed by atoms with Gasteiger partial charge in [-0.05, 0) is 36.6 Å². The number of aliphatic carboxylic acids is 1. The molecule has 1 N–H and O–H groups in total. The summed E-state index contributed by atoms with van der Waals surface area (Å²) >= 11 is 1.52. The van der Waals surface area contributed by atoms with E-state index in [1.165, 1.54) is 11.3 Å². The molecule has 6 nitrogen and oxygen atoms in total. The van der Waals surface area contributed by atoms with E-state index in [1.54, 1.807) is 17.0 Å². The van der Waals surface area contributed by atoms with E-state index < -0.39 is 11.9 Å². The molecule has 1 amide bonds. The van der Waals surface area contributed by atoms with E-state index in [0.29, 0.717) is 25.3 Å². The van der Waals surface area contributed by atoms with Gasteiger partial charge in [-0.3, -0.25) is 9.59 Å². The number of fused-ring (bicyclic) bond motifs is 1. The molecule has 3 aromatic rings. The van der Waals surface area contributed by atoms with Crippen molar-refractivity contribution in [3.63, 3.8) is 0 Å². The minimum Gasteiger partial charge on any atom is -0.481 e. The molecular weight excluding hydrogens is 352 g/mol. The Hall–Kier alpha value is -2.67. The molecule has 0 bridgehead atoms. The van der Waals surface area contributed by atoms with Crippen LogP contribution in [0.3, 0.4) is 0 Å². The van der Waals surface area contributed by atoms with E-state index >= 15 is 0 Å². The molecule has 0 radical (unpaired) electrons. The van der Waals surface area contributed by atoms with Gasteiger partial charge in [0.2, 0.25) is 0 Å². The molecule has 0 spiro atoms. The third-order valence-electron chi connectivity index (χ3n) is 4.83. The number of nitrogens with zero attached hydrogens (tertiary/aromatic N) is 2. The standard InChI is InChI=1S/C19H18N2O4S/c1-11-10-21(9-8-12(11)19(23)24)18(22)15-7-6-14(25-15)17-20-13-4-2-3-5-16(13)26-17/h2-7,11-12H,8-10H2,1H3,(H,23,24). The monoisotopic (exact) mass is 370 g/mol. The zero-order valence-electron chi connectivity index (χ0n) is 14.2. The van der Waals surface area contributed by atoms with Crippen LogP contribution in [-0.2, 0) is 4.79 Å². The van der Waals surface area contributed by atoms with E-state index in [2.05, 4.69) is 4.98 Å². The van der Waals surface area contributed by atoms with Crippen molar-refractivity contribution in [2.45, 2.75) is 13.3 Å². The topological polar surface area (TPSA) is 83.6 Å². The molecule has 7 heteroatoms. The number of para-hydroxylation sites is 1.